The molecule has 1 aromatic carbocycles. The first-order valence-electron chi connectivity index (χ1n) is 8.09. The van der Waals surface area contributed by atoms with Crippen molar-refractivity contribution >= 4 is 0 Å². The van der Waals surface area contributed by atoms with Gasteiger partial charge in [-0.15, -0.1) is 5.10 Å². The molecule has 0 radical (unpaired) electrons. The summed E-state index contributed by atoms with van der Waals surface area (Å²) < 4.78 is 25.1. The van der Waals surface area contributed by atoms with Gasteiger partial charge in [-0.1, -0.05) is 5.21 Å². The molecule has 3 rings (SSSR count). The summed E-state index contributed by atoms with van der Waals surface area (Å²) in [5.74, 6) is -0.345. The van der Waals surface area contributed by atoms with Crippen molar-refractivity contribution in [2.24, 2.45) is 0 Å². The van der Waals surface area contributed by atoms with Crippen molar-refractivity contribution in [3.05, 3.63) is 42.0 Å². The summed E-state index contributed by atoms with van der Waals surface area (Å²) in [7, 11) is 0. The minimum atomic E-state index is -1.48. The van der Waals surface area contributed by atoms with E-state index in [2.05, 4.69) is 10.3 Å². The highest BCUT2D eigenvalue weighted by Crippen LogP contribution is 2.22. The van der Waals surface area contributed by atoms with Crippen LogP contribution < -0.4 is 0 Å². The lowest BCUT2D eigenvalue weighted by atomic mass is 9.99. The standard InChI is InChI=1S/C16H20FN3O6/c17-9-1-3-11(4-2-9)20-7-10(18-19-20)5-6-25-16-15(24)14(23)13(22)12(8-21)26-16/h1-4,7,12-16,21-24H,5-6,8H2/t12-,13-,14+,15+,16+/m1/s1. The van der Waals surface area contributed by atoms with Crippen LogP contribution in [-0.4, -0.2) is 79.3 Å². The van der Waals surface area contributed by atoms with Crippen LogP contribution >= 0.6 is 0 Å². The highest BCUT2D eigenvalue weighted by atomic mass is 19.1. The summed E-state index contributed by atoms with van der Waals surface area (Å²) in [6.45, 7) is -0.415. The van der Waals surface area contributed by atoms with E-state index in [-0.39, 0.29) is 12.4 Å². The molecule has 5 atom stereocenters. The molecule has 1 fully saturated rings. The van der Waals surface area contributed by atoms with Crippen molar-refractivity contribution in [2.75, 3.05) is 13.2 Å². The maximum Gasteiger partial charge on any atom is 0.186 e. The van der Waals surface area contributed by atoms with E-state index in [4.69, 9.17) is 14.6 Å². The van der Waals surface area contributed by atoms with Gasteiger partial charge in [-0.05, 0) is 24.3 Å². The maximum atomic E-state index is 12.9. The summed E-state index contributed by atoms with van der Waals surface area (Å²) in [6, 6.07) is 5.77. The molecule has 0 amide bonds. The van der Waals surface area contributed by atoms with E-state index in [1.807, 2.05) is 0 Å². The molecule has 4 N–H and O–H groups in total. The van der Waals surface area contributed by atoms with Gasteiger partial charge in [-0.25, -0.2) is 9.07 Å². The van der Waals surface area contributed by atoms with Crippen LogP contribution in [-0.2, 0) is 15.9 Å². The highest BCUT2D eigenvalue weighted by Gasteiger charge is 2.43. The Balaban J connectivity index is 1.54. The number of hydrogen-bond donors (Lipinski definition) is 4. The van der Waals surface area contributed by atoms with Crippen molar-refractivity contribution < 1.29 is 34.3 Å². The first kappa shape index (κ1) is 18.8. The molecular formula is C16H20FN3O6. The monoisotopic (exact) mass is 369 g/mol. The van der Waals surface area contributed by atoms with E-state index in [9.17, 15) is 19.7 Å². The van der Waals surface area contributed by atoms with Gasteiger partial charge in [0.25, 0.3) is 0 Å². The summed E-state index contributed by atoms with van der Waals surface area (Å²) in [4.78, 5) is 0. The van der Waals surface area contributed by atoms with Crippen LogP contribution in [0.5, 0.6) is 0 Å². The topological polar surface area (TPSA) is 130 Å². The third-order valence-electron chi connectivity index (χ3n) is 4.12. The van der Waals surface area contributed by atoms with E-state index < -0.39 is 37.3 Å². The van der Waals surface area contributed by atoms with E-state index >= 15 is 0 Å². The second kappa shape index (κ2) is 8.16. The molecule has 2 heterocycles. The molecule has 142 valence electrons. The fourth-order valence-corrected chi connectivity index (χ4v) is 2.62. The zero-order valence-electron chi connectivity index (χ0n) is 13.7. The number of aliphatic hydroxyl groups is 4. The van der Waals surface area contributed by atoms with E-state index in [0.29, 0.717) is 17.8 Å². The number of ether oxygens (including phenoxy) is 2. The van der Waals surface area contributed by atoms with Crippen LogP contribution in [0, 0.1) is 5.82 Å². The quantitative estimate of drug-likeness (QED) is 0.498. The highest BCUT2D eigenvalue weighted by molar-refractivity contribution is 5.30. The molecule has 1 aromatic heterocycles. The minimum absolute atomic E-state index is 0.102. The number of halogens is 1. The third kappa shape index (κ3) is 4.06. The van der Waals surface area contributed by atoms with Crippen LogP contribution in [0.1, 0.15) is 5.69 Å². The summed E-state index contributed by atoms with van der Waals surface area (Å²) in [5.41, 5.74) is 1.25. The predicted molar refractivity (Wildman–Crippen MR) is 84.7 cm³/mol. The number of aromatic nitrogens is 3. The van der Waals surface area contributed by atoms with Gasteiger partial charge in [0.05, 0.1) is 30.8 Å². The first-order chi connectivity index (χ1) is 12.5. The van der Waals surface area contributed by atoms with Crippen molar-refractivity contribution in [2.45, 2.75) is 37.1 Å². The van der Waals surface area contributed by atoms with Gasteiger partial charge in [-0.2, -0.15) is 0 Å². The number of aliphatic hydroxyl groups excluding tert-OH is 4. The molecule has 10 heteroatoms. The Bertz CT molecular complexity index is 710. The average Bonchev–Trinajstić information content (AvgIpc) is 3.11. The largest absolute Gasteiger partial charge is 0.394 e. The molecule has 1 aliphatic rings. The summed E-state index contributed by atoms with van der Waals surface area (Å²) in [6.07, 6.45) is -4.55. The normalized spacial score (nSPS) is 29.0. The molecule has 1 aliphatic heterocycles. The Morgan fingerprint density at radius 3 is 2.54 bits per heavy atom. The Hall–Kier alpha value is -1.95. The fourth-order valence-electron chi connectivity index (χ4n) is 2.62. The Kier molecular flexibility index (Phi) is 5.91. The van der Waals surface area contributed by atoms with Gasteiger partial charge in [0.1, 0.15) is 30.2 Å². The van der Waals surface area contributed by atoms with Gasteiger partial charge in [-0.3, -0.25) is 0 Å². The van der Waals surface area contributed by atoms with Crippen LogP contribution in [0.4, 0.5) is 4.39 Å². The van der Waals surface area contributed by atoms with Gasteiger partial charge >= 0.3 is 0 Å². The third-order valence-corrected chi connectivity index (χ3v) is 4.12. The number of hydrogen-bond acceptors (Lipinski definition) is 8. The van der Waals surface area contributed by atoms with E-state index in [0.717, 1.165) is 0 Å². The molecule has 0 spiro atoms. The summed E-state index contributed by atoms with van der Waals surface area (Å²) >= 11 is 0. The lowest BCUT2D eigenvalue weighted by molar-refractivity contribution is -0.300. The molecular weight excluding hydrogens is 349 g/mol. The van der Waals surface area contributed by atoms with E-state index in [1.165, 1.54) is 16.8 Å². The molecule has 1 saturated heterocycles. The number of benzene rings is 1. The molecule has 9 nitrogen and oxygen atoms in total. The Labute approximate surface area is 148 Å². The molecule has 0 unspecified atom stereocenters. The number of nitrogens with zero attached hydrogens (tertiary/aromatic N) is 3. The molecule has 2 aromatic rings. The van der Waals surface area contributed by atoms with Crippen molar-refractivity contribution in [3.8, 4) is 5.69 Å². The smallest absolute Gasteiger partial charge is 0.186 e. The van der Waals surface area contributed by atoms with Gasteiger partial charge in [0.2, 0.25) is 0 Å². The Morgan fingerprint density at radius 2 is 1.85 bits per heavy atom. The van der Waals surface area contributed by atoms with Crippen LogP contribution in [0.15, 0.2) is 30.5 Å². The molecule has 0 saturated carbocycles. The second-order valence-corrected chi connectivity index (χ2v) is 5.95. The van der Waals surface area contributed by atoms with E-state index in [1.54, 1.807) is 18.3 Å². The van der Waals surface area contributed by atoms with Gasteiger partial charge in [0, 0.05) is 6.42 Å². The average molecular weight is 369 g/mol. The zero-order chi connectivity index (χ0) is 18.7. The fraction of sp³-hybridized carbons (Fsp3) is 0.500. The lowest BCUT2D eigenvalue weighted by Crippen LogP contribution is -2.59. The van der Waals surface area contributed by atoms with Crippen LogP contribution in [0.25, 0.3) is 5.69 Å². The maximum absolute atomic E-state index is 12.9. The molecule has 0 aliphatic carbocycles. The predicted octanol–water partition coefficient (Wildman–Crippen LogP) is -1.23. The SMILES string of the molecule is OC[C@H]1O[C@H](OCCc2cn(-c3ccc(F)cc3)nn2)[C@@H](O)[C@@H](O)[C@@H]1O. The van der Waals surface area contributed by atoms with Crippen LogP contribution in [0.3, 0.4) is 0 Å². The van der Waals surface area contributed by atoms with Crippen LogP contribution in [0.2, 0.25) is 0 Å². The zero-order valence-corrected chi connectivity index (χ0v) is 13.7. The van der Waals surface area contributed by atoms with Crippen molar-refractivity contribution in [1.82, 2.24) is 15.0 Å². The van der Waals surface area contributed by atoms with Gasteiger partial charge in [0.15, 0.2) is 6.29 Å². The minimum Gasteiger partial charge on any atom is -0.394 e. The Morgan fingerprint density at radius 1 is 1.12 bits per heavy atom. The van der Waals surface area contributed by atoms with Gasteiger partial charge < -0.3 is 29.9 Å². The first-order valence-corrected chi connectivity index (χ1v) is 8.09. The molecule has 26 heavy (non-hydrogen) atoms. The second-order valence-electron chi connectivity index (χ2n) is 5.95. The number of rotatable bonds is 6. The van der Waals surface area contributed by atoms with Crippen molar-refractivity contribution in [3.63, 3.8) is 0 Å². The summed E-state index contributed by atoms with van der Waals surface area (Å²) in [5, 5.41) is 46.4. The van der Waals surface area contributed by atoms with Crippen molar-refractivity contribution in [1.29, 1.82) is 0 Å². The molecule has 0 bridgehead atoms. The lowest BCUT2D eigenvalue weighted by Gasteiger charge is -2.39.